The summed E-state index contributed by atoms with van der Waals surface area (Å²) in [6.07, 6.45) is -4.50. The molecule has 0 saturated heterocycles. The molecule has 1 aromatic heterocycles. The summed E-state index contributed by atoms with van der Waals surface area (Å²) in [5.41, 5.74) is 4.21. The van der Waals surface area contributed by atoms with Crippen LogP contribution in [0.25, 0.3) is 0 Å². The van der Waals surface area contributed by atoms with E-state index in [0.717, 1.165) is 6.07 Å². The van der Waals surface area contributed by atoms with Crippen molar-refractivity contribution in [1.29, 1.82) is 0 Å². The highest BCUT2D eigenvalue weighted by Gasteiger charge is 2.33. The molecule has 2 N–H and O–H groups in total. The van der Waals surface area contributed by atoms with Crippen LogP contribution in [0.5, 0.6) is 5.88 Å². The number of aromatic nitrogens is 1. The number of anilines is 1. The van der Waals surface area contributed by atoms with Crippen molar-refractivity contribution in [3.63, 3.8) is 0 Å². The summed E-state index contributed by atoms with van der Waals surface area (Å²) in [7, 11) is 0. The maximum absolute atomic E-state index is 12.2. The van der Waals surface area contributed by atoms with Gasteiger partial charge in [0.1, 0.15) is 0 Å². The quantitative estimate of drug-likeness (QED) is 0.805. The standard InChI is InChI=1S/C8H9F3N2O/c1-2-14-7-4-5(12)3-6(13-7)8(9,10)11/h3-4H,2H2,1H3,(H2,12,13). The van der Waals surface area contributed by atoms with E-state index in [9.17, 15) is 13.2 Å². The highest BCUT2D eigenvalue weighted by molar-refractivity contribution is 5.43. The van der Waals surface area contributed by atoms with Crippen LogP contribution in [0, 0.1) is 0 Å². The van der Waals surface area contributed by atoms with Gasteiger partial charge >= 0.3 is 6.18 Å². The van der Waals surface area contributed by atoms with Crippen LogP contribution in [0.4, 0.5) is 18.9 Å². The first kappa shape index (κ1) is 10.6. The second kappa shape index (κ2) is 3.73. The molecular weight excluding hydrogens is 197 g/mol. The number of hydrogen-bond donors (Lipinski definition) is 1. The Morgan fingerprint density at radius 1 is 1.43 bits per heavy atom. The van der Waals surface area contributed by atoms with Crippen LogP contribution < -0.4 is 10.5 Å². The number of halogens is 3. The molecule has 0 spiro atoms. The van der Waals surface area contributed by atoms with E-state index in [0.29, 0.717) is 0 Å². The molecule has 0 aliphatic rings. The molecule has 0 aliphatic heterocycles. The first-order chi connectivity index (χ1) is 6.43. The first-order valence-electron chi connectivity index (χ1n) is 3.91. The number of alkyl halides is 3. The number of ether oxygens (including phenoxy) is 1. The summed E-state index contributed by atoms with van der Waals surface area (Å²) in [5, 5.41) is 0. The minimum Gasteiger partial charge on any atom is -0.478 e. The van der Waals surface area contributed by atoms with E-state index >= 15 is 0 Å². The third-order valence-corrected chi connectivity index (χ3v) is 1.41. The summed E-state index contributed by atoms with van der Waals surface area (Å²) >= 11 is 0. The molecule has 78 valence electrons. The van der Waals surface area contributed by atoms with E-state index in [1.807, 2.05) is 0 Å². The van der Waals surface area contributed by atoms with E-state index in [2.05, 4.69) is 4.98 Å². The van der Waals surface area contributed by atoms with Crippen LogP contribution in [-0.2, 0) is 6.18 Å². The van der Waals surface area contributed by atoms with Gasteiger partial charge in [0.05, 0.1) is 6.61 Å². The molecule has 0 aromatic carbocycles. The van der Waals surface area contributed by atoms with Crippen LogP contribution in [0.1, 0.15) is 12.6 Å². The fraction of sp³-hybridized carbons (Fsp3) is 0.375. The van der Waals surface area contributed by atoms with E-state index in [1.54, 1.807) is 6.92 Å². The number of nitrogens with zero attached hydrogens (tertiary/aromatic N) is 1. The zero-order chi connectivity index (χ0) is 10.8. The van der Waals surface area contributed by atoms with Gasteiger partial charge in [-0.15, -0.1) is 0 Å². The highest BCUT2D eigenvalue weighted by Crippen LogP contribution is 2.30. The van der Waals surface area contributed by atoms with Gasteiger partial charge in [-0.25, -0.2) is 4.98 Å². The van der Waals surface area contributed by atoms with Gasteiger partial charge in [0.15, 0.2) is 5.69 Å². The molecule has 6 heteroatoms. The summed E-state index contributed by atoms with van der Waals surface area (Å²) in [6, 6.07) is 2.02. The van der Waals surface area contributed by atoms with E-state index in [-0.39, 0.29) is 18.2 Å². The van der Waals surface area contributed by atoms with Gasteiger partial charge < -0.3 is 10.5 Å². The molecule has 1 rings (SSSR count). The predicted octanol–water partition coefficient (Wildman–Crippen LogP) is 2.08. The van der Waals surface area contributed by atoms with Gasteiger partial charge in [0.2, 0.25) is 5.88 Å². The Hall–Kier alpha value is -1.46. The van der Waals surface area contributed by atoms with Crippen molar-refractivity contribution < 1.29 is 17.9 Å². The van der Waals surface area contributed by atoms with Crippen molar-refractivity contribution in [2.75, 3.05) is 12.3 Å². The summed E-state index contributed by atoms with van der Waals surface area (Å²) < 4.78 is 41.5. The van der Waals surface area contributed by atoms with Crippen LogP contribution in [0.3, 0.4) is 0 Å². The van der Waals surface area contributed by atoms with Crippen LogP contribution >= 0.6 is 0 Å². The number of pyridine rings is 1. The van der Waals surface area contributed by atoms with Crippen molar-refractivity contribution in [1.82, 2.24) is 4.98 Å². The maximum atomic E-state index is 12.2. The average Bonchev–Trinajstić information content (AvgIpc) is 2.02. The fourth-order valence-electron chi connectivity index (χ4n) is 0.892. The number of rotatable bonds is 2. The molecule has 0 fully saturated rings. The van der Waals surface area contributed by atoms with Crippen molar-refractivity contribution in [3.05, 3.63) is 17.8 Å². The summed E-state index contributed by atoms with van der Waals surface area (Å²) in [4.78, 5) is 3.27. The van der Waals surface area contributed by atoms with Gasteiger partial charge in [-0.3, -0.25) is 0 Å². The SMILES string of the molecule is CCOc1cc(N)cc(C(F)(F)F)n1. The van der Waals surface area contributed by atoms with Gasteiger partial charge in [0, 0.05) is 11.8 Å². The van der Waals surface area contributed by atoms with Crippen molar-refractivity contribution >= 4 is 5.69 Å². The molecule has 0 aliphatic carbocycles. The molecule has 0 saturated carbocycles. The second-order valence-corrected chi connectivity index (χ2v) is 2.55. The largest absolute Gasteiger partial charge is 0.478 e. The minimum absolute atomic E-state index is 0.0178. The van der Waals surface area contributed by atoms with Gasteiger partial charge in [-0.2, -0.15) is 13.2 Å². The first-order valence-corrected chi connectivity index (χ1v) is 3.91. The summed E-state index contributed by atoms with van der Waals surface area (Å²) in [6.45, 7) is 1.89. The van der Waals surface area contributed by atoms with Gasteiger partial charge in [-0.1, -0.05) is 0 Å². The summed E-state index contributed by atoms with van der Waals surface area (Å²) in [5.74, 6) is -0.111. The maximum Gasteiger partial charge on any atom is 0.433 e. The van der Waals surface area contributed by atoms with Crippen molar-refractivity contribution in [2.24, 2.45) is 0 Å². The number of hydrogen-bond acceptors (Lipinski definition) is 3. The number of nitrogen functional groups attached to an aromatic ring is 1. The lowest BCUT2D eigenvalue weighted by molar-refractivity contribution is -0.141. The fourth-order valence-corrected chi connectivity index (χ4v) is 0.892. The lowest BCUT2D eigenvalue weighted by Gasteiger charge is -2.09. The molecule has 0 amide bonds. The second-order valence-electron chi connectivity index (χ2n) is 2.55. The topological polar surface area (TPSA) is 48.1 Å². The Morgan fingerprint density at radius 3 is 2.57 bits per heavy atom. The third kappa shape index (κ3) is 2.51. The smallest absolute Gasteiger partial charge is 0.433 e. The van der Waals surface area contributed by atoms with Gasteiger partial charge in [-0.05, 0) is 13.0 Å². The minimum atomic E-state index is -4.50. The lowest BCUT2D eigenvalue weighted by atomic mass is 10.3. The molecule has 0 unspecified atom stereocenters. The van der Waals surface area contributed by atoms with E-state index < -0.39 is 11.9 Å². The molecule has 0 atom stereocenters. The molecule has 0 bridgehead atoms. The molecule has 1 heterocycles. The van der Waals surface area contributed by atoms with E-state index in [1.165, 1.54) is 6.07 Å². The Kier molecular flexibility index (Phi) is 2.83. The normalized spacial score (nSPS) is 11.4. The van der Waals surface area contributed by atoms with Crippen LogP contribution in [0.2, 0.25) is 0 Å². The highest BCUT2D eigenvalue weighted by atomic mass is 19.4. The molecule has 3 nitrogen and oxygen atoms in total. The average molecular weight is 206 g/mol. The van der Waals surface area contributed by atoms with Crippen LogP contribution in [0.15, 0.2) is 12.1 Å². The third-order valence-electron chi connectivity index (χ3n) is 1.41. The predicted molar refractivity (Wildman–Crippen MR) is 44.8 cm³/mol. The Balaban J connectivity index is 3.07. The van der Waals surface area contributed by atoms with Gasteiger partial charge in [0.25, 0.3) is 0 Å². The Morgan fingerprint density at radius 2 is 2.07 bits per heavy atom. The zero-order valence-corrected chi connectivity index (χ0v) is 7.43. The zero-order valence-electron chi connectivity index (χ0n) is 7.43. The molecular formula is C8H9F3N2O. The van der Waals surface area contributed by atoms with Crippen molar-refractivity contribution in [2.45, 2.75) is 13.1 Å². The number of nitrogens with two attached hydrogens (primary N) is 1. The molecule has 0 radical (unpaired) electrons. The van der Waals surface area contributed by atoms with Crippen molar-refractivity contribution in [3.8, 4) is 5.88 Å². The monoisotopic (exact) mass is 206 g/mol. The Bertz CT molecular complexity index is 325. The lowest BCUT2D eigenvalue weighted by Crippen LogP contribution is -2.10. The Labute approximate surface area is 78.7 Å². The molecule has 14 heavy (non-hydrogen) atoms. The molecule has 1 aromatic rings. The van der Waals surface area contributed by atoms with E-state index in [4.69, 9.17) is 10.5 Å². The van der Waals surface area contributed by atoms with Crippen LogP contribution in [-0.4, -0.2) is 11.6 Å².